The number of esters is 2. The molecule has 11 heteroatoms. The molecule has 2 aromatic rings. The van der Waals surface area contributed by atoms with Crippen LogP contribution in [0.25, 0.3) is 0 Å². The molecule has 37 heavy (non-hydrogen) atoms. The molecule has 1 aromatic heterocycles. The van der Waals surface area contributed by atoms with Gasteiger partial charge in [-0.25, -0.2) is 13.2 Å². The number of anilines is 1. The molecule has 1 fully saturated rings. The summed E-state index contributed by atoms with van der Waals surface area (Å²) >= 11 is 1.47. The molecule has 0 unspecified atom stereocenters. The molecule has 200 valence electrons. The molecule has 0 atom stereocenters. The van der Waals surface area contributed by atoms with E-state index < -0.39 is 16.0 Å². The van der Waals surface area contributed by atoms with E-state index in [2.05, 4.69) is 5.32 Å². The lowest BCUT2D eigenvalue weighted by Crippen LogP contribution is -2.40. The Balaban J connectivity index is 1.45. The third-order valence-electron chi connectivity index (χ3n) is 6.84. The Hall–Kier alpha value is -2.76. The number of ketones is 1. The highest BCUT2D eigenvalue weighted by Crippen LogP contribution is 2.38. The minimum absolute atomic E-state index is 0.0368. The number of nitrogens with one attached hydrogen (secondary N) is 1. The van der Waals surface area contributed by atoms with Crippen LogP contribution in [0.1, 0.15) is 63.8 Å². The van der Waals surface area contributed by atoms with Crippen LogP contribution in [0, 0.1) is 5.92 Å². The number of carbonyl (C=O) groups is 3. The van der Waals surface area contributed by atoms with Crippen molar-refractivity contribution in [1.82, 2.24) is 4.31 Å². The molecule has 0 radical (unpaired) electrons. The second kappa shape index (κ2) is 11.7. The lowest BCUT2D eigenvalue weighted by atomic mass is 9.95. The van der Waals surface area contributed by atoms with Gasteiger partial charge in [0.25, 0.3) is 0 Å². The van der Waals surface area contributed by atoms with Gasteiger partial charge >= 0.3 is 11.9 Å². The molecule has 9 nitrogen and oxygen atoms in total. The Kier molecular flexibility index (Phi) is 8.66. The summed E-state index contributed by atoms with van der Waals surface area (Å²) in [5.41, 5.74) is 1.76. The molecule has 2 heterocycles. The van der Waals surface area contributed by atoms with Crippen molar-refractivity contribution in [3.05, 3.63) is 45.8 Å². The number of methoxy groups -OCH3 is 1. The Morgan fingerprint density at radius 3 is 2.57 bits per heavy atom. The highest BCUT2D eigenvalue weighted by Gasteiger charge is 2.33. The standard InChI is InChI=1S/C26H32N2O7S2/c1-3-35-25(30)17-11-13-28(14-12-17)37(32,33)19-8-6-7-18(15-19)21(29)16-27-24-23(26(31)34-2)20-9-4-5-10-22(20)36-24/h6-8,15,17,27H,3-5,9-14,16H2,1-2H3. The monoisotopic (exact) mass is 548 g/mol. The average molecular weight is 549 g/mol. The molecular weight excluding hydrogens is 516 g/mol. The quantitative estimate of drug-likeness (QED) is 0.372. The van der Waals surface area contributed by atoms with E-state index in [-0.39, 0.29) is 47.8 Å². The van der Waals surface area contributed by atoms with Gasteiger partial charge in [-0.2, -0.15) is 4.31 Å². The van der Waals surface area contributed by atoms with Crippen molar-refractivity contribution in [2.45, 2.75) is 50.3 Å². The van der Waals surface area contributed by atoms with E-state index in [0.29, 0.717) is 30.0 Å². The summed E-state index contributed by atoms with van der Waals surface area (Å²) in [4.78, 5) is 38.6. The Bertz CT molecular complexity index is 1280. The number of sulfonamides is 1. The number of Topliss-reactive ketones (excluding diaryl/α,β-unsaturated/α-hetero) is 1. The van der Waals surface area contributed by atoms with Gasteiger partial charge in [0.15, 0.2) is 5.78 Å². The first kappa shape index (κ1) is 27.3. The molecule has 1 aliphatic carbocycles. The van der Waals surface area contributed by atoms with Crippen LogP contribution in [0.15, 0.2) is 29.2 Å². The van der Waals surface area contributed by atoms with Crippen molar-refractivity contribution >= 4 is 44.1 Å². The van der Waals surface area contributed by atoms with Gasteiger partial charge in [-0.15, -0.1) is 11.3 Å². The molecule has 1 N–H and O–H groups in total. The first-order chi connectivity index (χ1) is 17.8. The summed E-state index contributed by atoms with van der Waals surface area (Å²) in [7, 11) is -2.48. The summed E-state index contributed by atoms with van der Waals surface area (Å²) in [6.07, 6.45) is 4.57. The lowest BCUT2D eigenvalue weighted by Gasteiger charge is -2.30. The highest BCUT2D eigenvalue weighted by molar-refractivity contribution is 7.89. The van der Waals surface area contributed by atoms with Crippen LogP contribution in [-0.4, -0.2) is 63.8 Å². The predicted molar refractivity (Wildman–Crippen MR) is 140 cm³/mol. The molecule has 4 rings (SSSR count). The van der Waals surface area contributed by atoms with Crippen LogP contribution in [0.5, 0.6) is 0 Å². The SMILES string of the molecule is CCOC(=O)C1CCN(S(=O)(=O)c2cccc(C(=O)CNc3sc4c(c3C(=O)OC)CCCC4)c2)CC1. The van der Waals surface area contributed by atoms with E-state index in [0.717, 1.165) is 36.1 Å². The van der Waals surface area contributed by atoms with Gasteiger partial charge in [-0.05, 0) is 63.1 Å². The second-order valence-electron chi connectivity index (χ2n) is 9.14. The Labute approximate surface area is 221 Å². The zero-order valence-corrected chi connectivity index (χ0v) is 22.7. The number of ether oxygens (including phenoxy) is 2. The smallest absolute Gasteiger partial charge is 0.341 e. The molecule has 1 aliphatic heterocycles. The number of hydrogen-bond acceptors (Lipinski definition) is 9. The number of fused-ring (bicyclic) bond motifs is 1. The number of rotatable bonds is 9. The average Bonchev–Trinajstić information content (AvgIpc) is 3.30. The van der Waals surface area contributed by atoms with E-state index in [1.807, 2.05) is 0 Å². The number of carbonyl (C=O) groups excluding carboxylic acids is 3. The third-order valence-corrected chi connectivity index (χ3v) is 9.98. The molecule has 1 saturated heterocycles. The predicted octanol–water partition coefficient (Wildman–Crippen LogP) is 3.67. The van der Waals surface area contributed by atoms with Crippen LogP contribution in [-0.2, 0) is 37.1 Å². The van der Waals surface area contributed by atoms with E-state index in [4.69, 9.17) is 9.47 Å². The fourth-order valence-corrected chi connectivity index (χ4v) is 7.63. The fourth-order valence-electron chi connectivity index (χ4n) is 4.84. The summed E-state index contributed by atoms with van der Waals surface area (Å²) in [5, 5.41) is 3.71. The zero-order chi connectivity index (χ0) is 26.6. The van der Waals surface area contributed by atoms with E-state index in [1.54, 1.807) is 19.1 Å². The lowest BCUT2D eigenvalue weighted by molar-refractivity contribution is -0.149. The molecular formula is C26H32N2O7S2. The van der Waals surface area contributed by atoms with Gasteiger partial charge in [-0.3, -0.25) is 9.59 Å². The van der Waals surface area contributed by atoms with Crippen LogP contribution < -0.4 is 5.32 Å². The van der Waals surface area contributed by atoms with Crippen LogP contribution in [0.2, 0.25) is 0 Å². The number of aryl methyl sites for hydroxylation is 1. The van der Waals surface area contributed by atoms with Gasteiger partial charge in [0.1, 0.15) is 5.00 Å². The first-order valence-corrected chi connectivity index (χ1v) is 14.8. The molecule has 1 aromatic carbocycles. The second-order valence-corrected chi connectivity index (χ2v) is 12.2. The third kappa shape index (κ3) is 5.89. The first-order valence-electron chi connectivity index (χ1n) is 12.5. The van der Waals surface area contributed by atoms with Crippen molar-refractivity contribution in [1.29, 1.82) is 0 Å². The molecule has 0 saturated carbocycles. The summed E-state index contributed by atoms with van der Waals surface area (Å²) in [5.74, 6) is -1.31. The number of thiophene rings is 1. The van der Waals surface area contributed by atoms with Gasteiger partial charge in [0.2, 0.25) is 10.0 Å². The summed E-state index contributed by atoms with van der Waals surface area (Å²) in [6.45, 7) is 2.38. The molecule has 2 aliphatic rings. The van der Waals surface area contributed by atoms with Crippen LogP contribution in [0.3, 0.4) is 0 Å². The maximum absolute atomic E-state index is 13.2. The van der Waals surface area contributed by atoms with Gasteiger partial charge in [0, 0.05) is 23.5 Å². The number of hydrogen-bond donors (Lipinski definition) is 1. The minimum Gasteiger partial charge on any atom is -0.466 e. The van der Waals surface area contributed by atoms with Crippen molar-refractivity contribution in [2.24, 2.45) is 5.92 Å². The van der Waals surface area contributed by atoms with Crippen molar-refractivity contribution in [3.63, 3.8) is 0 Å². The topological polar surface area (TPSA) is 119 Å². The van der Waals surface area contributed by atoms with Crippen LogP contribution >= 0.6 is 11.3 Å². The normalized spacial score (nSPS) is 16.6. The largest absolute Gasteiger partial charge is 0.466 e. The number of benzene rings is 1. The summed E-state index contributed by atoms with van der Waals surface area (Å²) in [6, 6.07) is 5.99. The maximum atomic E-state index is 13.2. The van der Waals surface area contributed by atoms with E-state index >= 15 is 0 Å². The molecule has 0 amide bonds. The minimum atomic E-state index is -3.82. The van der Waals surface area contributed by atoms with Crippen molar-refractivity contribution in [3.8, 4) is 0 Å². The highest BCUT2D eigenvalue weighted by atomic mass is 32.2. The summed E-state index contributed by atoms with van der Waals surface area (Å²) < 4.78 is 37.9. The Morgan fingerprint density at radius 1 is 1.14 bits per heavy atom. The Morgan fingerprint density at radius 2 is 1.86 bits per heavy atom. The van der Waals surface area contributed by atoms with Gasteiger partial charge < -0.3 is 14.8 Å². The number of nitrogens with zero attached hydrogens (tertiary/aromatic N) is 1. The van der Waals surface area contributed by atoms with E-state index in [9.17, 15) is 22.8 Å². The molecule has 0 spiro atoms. The fraction of sp³-hybridized carbons (Fsp3) is 0.500. The number of piperidine rings is 1. The zero-order valence-electron chi connectivity index (χ0n) is 21.1. The molecule has 0 bridgehead atoms. The van der Waals surface area contributed by atoms with Crippen molar-refractivity contribution in [2.75, 3.05) is 38.7 Å². The van der Waals surface area contributed by atoms with E-state index in [1.165, 1.54) is 34.9 Å². The van der Waals surface area contributed by atoms with Crippen molar-refractivity contribution < 1.29 is 32.3 Å². The maximum Gasteiger partial charge on any atom is 0.341 e. The van der Waals surface area contributed by atoms with Crippen LogP contribution in [0.4, 0.5) is 5.00 Å². The van der Waals surface area contributed by atoms with Gasteiger partial charge in [-0.1, -0.05) is 12.1 Å². The van der Waals surface area contributed by atoms with Gasteiger partial charge in [0.05, 0.1) is 36.6 Å².